The van der Waals surface area contributed by atoms with E-state index in [2.05, 4.69) is 13.8 Å². The summed E-state index contributed by atoms with van der Waals surface area (Å²) < 4.78 is 5.84. The molecule has 0 aliphatic rings. The highest BCUT2D eigenvalue weighted by atomic mass is 16.5. The maximum Gasteiger partial charge on any atom is 0.185 e. The second kappa shape index (κ2) is 8.76. The lowest BCUT2D eigenvalue weighted by Crippen LogP contribution is -2.04. The summed E-state index contributed by atoms with van der Waals surface area (Å²) in [6.45, 7) is 10.6. The quantitative estimate of drug-likeness (QED) is 0.490. The van der Waals surface area contributed by atoms with Crippen LogP contribution >= 0.6 is 0 Å². The molecule has 27 heavy (non-hydrogen) atoms. The maximum absolute atomic E-state index is 12.5. The monoisotopic (exact) mass is 368 g/mol. The molecule has 0 amide bonds. The normalized spacial score (nSPS) is 11.5. The second-order valence-electron chi connectivity index (χ2n) is 7.13. The minimum absolute atomic E-state index is 0.109. The first kappa shape index (κ1) is 20.6. The minimum atomic E-state index is -0.210. The zero-order valence-corrected chi connectivity index (χ0v) is 16.6. The lowest BCUT2D eigenvalue weighted by Gasteiger charge is -2.21. The van der Waals surface area contributed by atoms with E-state index in [-0.39, 0.29) is 29.1 Å². The fourth-order valence-corrected chi connectivity index (χ4v) is 2.93. The van der Waals surface area contributed by atoms with Gasteiger partial charge in [0.25, 0.3) is 0 Å². The largest absolute Gasteiger partial charge is 0.508 e. The molecule has 2 N–H and O–H groups in total. The van der Waals surface area contributed by atoms with Crippen molar-refractivity contribution in [1.82, 2.24) is 0 Å². The molecule has 0 heterocycles. The number of benzene rings is 2. The number of hydrogen-bond acceptors (Lipinski definition) is 4. The Hall–Kier alpha value is -2.75. The first-order valence-electron chi connectivity index (χ1n) is 9.30. The van der Waals surface area contributed by atoms with Crippen molar-refractivity contribution in [2.24, 2.45) is 0 Å². The molecule has 0 saturated carbocycles. The van der Waals surface area contributed by atoms with E-state index in [1.54, 1.807) is 18.2 Å². The molecule has 0 aliphatic carbocycles. The van der Waals surface area contributed by atoms with Crippen LogP contribution in [0.1, 0.15) is 73.5 Å². The molecule has 2 aromatic rings. The third-order valence-corrected chi connectivity index (χ3v) is 4.43. The number of ether oxygens (including phenoxy) is 1. The summed E-state index contributed by atoms with van der Waals surface area (Å²) in [5, 5.41) is 20.2. The molecule has 0 spiro atoms. The Balaban J connectivity index is 2.55. The van der Waals surface area contributed by atoms with E-state index < -0.39 is 0 Å². The van der Waals surface area contributed by atoms with Crippen LogP contribution in [0.15, 0.2) is 36.4 Å². The fraction of sp³-hybridized carbons (Fsp3) is 0.348. The zero-order valence-electron chi connectivity index (χ0n) is 16.6. The first-order chi connectivity index (χ1) is 12.8. The van der Waals surface area contributed by atoms with Crippen molar-refractivity contribution in [2.75, 3.05) is 6.61 Å². The highest BCUT2D eigenvalue weighted by molar-refractivity contribution is 6.07. The van der Waals surface area contributed by atoms with Gasteiger partial charge in [0.15, 0.2) is 5.78 Å². The van der Waals surface area contributed by atoms with E-state index >= 15 is 0 Å². The SMILES string of the molecule is CCOc1c(C(C)C)cc(C(C)C)c(O)c1C=CC(=O)c1ccc(O)cc1. The van der Waals surface area contributed by atoms with Gasteiger partial charge in [0.1, 0.15) is 17.2 Å². The molecule has 0 atom stereocenters. The Kier molecular flexibility index (Phi) is 6.67. The lowest BCUT2D eigenvalue weighted by atomic mass is 9.90. The smallest absolute Gasteiger partial charge is 0.185 e. The van der Waals surface area contributed by atoms with Gasteiger partial charge in [-0.25, -0.2) is 0 Å². The average Bonchev–Trinajstić information content (AvgIpc) is 2.61. The number of phenols is 2. The number of carbonyl (C=O) groups is 1. The molecule has 0 saturated heterocycles. The number of hydrogen-bond donors (Lipinski definition) is 2. The van der Waals surface area contributed by atoms with Crippen molar-refractivity contribution >= 4 is 11.9 Å². The fourth-order valence-electron chi connectivity index (χ4n) is 2.93. The Morgan fingerprint density at radius 3 is 2.15 bits per heavy atom. The van der Waals surface area contributed by atoms with Gasteiger partial charge in [0.2, 0.25) is 0 Å². The lowest BCUT2D eigenvalue weighted by molar-refractivity contribution is 0.104. The van der Waals surface area contributed by atoms with Crippen molar-refractivity contribution in [1.29, 1.82) is 0 Å². The van der Waals surface area contributed by atoms with Crippen LogP contribution in [0.5, 0.6) is 17.2 Å². The molecule has 0 fully saturated rings. The highest BCUT2D eigenvalue weighted by Crippen LogP contribution is 2.42. The van der Waals surface area contributed by atoms with Crippen molar-refractivity contribution in [3.05, 3.63) is 58.7 Å². The summed E-state index contributed by atoms with van der Waals surface area (Å²) >= 11 is 0. The molecular weight excluding hydrogens is 340 g/mol. The molecule has 0 unspecified atom stereocenters. The van der Waals surface area contributed by atoms with Crippen LogP contribution in [0.4, 0.5) is 0 Å². The second-order valence-corrected chi connectivity index (χ2v) is 7.13. The van der Waals surface area contributed by atoms with E-state index in [9.17, 15) is 15.0 Å². The number of phenolic OH excluding ortho intramolecular Hbond substituents is 2. The molecule has 2 rings (SSSR count). The maximum atomic E-state index is 12.5. The van der Waals surface area contributed by atoms with E-state index in [1.165, 1.54) is 18.2 Å². The van der Waals surface area contributed by atoms with Gasteiger partial charge in [-0.15, -0.1) is 0 Å². The van der Waals surface area contributed by atoms with Gasteiger partial charge in [0.05, 0.1) is 12.2 Å². The van der Waals surface area contributed by atoms with Gasteiger partial charge in [-0.1, -0.05) is 27.7 Å². The van der Waals surface area contributed by atoms with Gasteiger partial charge >= 0.3 is 0 Å². The van der Waals surface area contributed by atoms with Crippen LogP contribution in [-0.4, -0.2) is 22.6 Å². The standard InChI is InChI=1S/C23H28O4/c1-6-27-23-18(11-12-21(25)16-7-9-17(24)10-8-16)22(26)19(14(2)3)13-20(23)15(4)5/h7-15,24,26H,6H2,1-5H3. The molecule has 0 aromatic heterocycles. The third kappa shape index (κ3) is 4.70. The predicted molar refractivity (Wildman–Crippen MR) is 109 cm³/mol. The summed E-state index contributed by atoms with van der Waals surface area (Å²) in [7, 11) is 0. The van der Waals surface area contributed by atoms with Crippen molar-refractivity contribution < 1.29 is 19.7 Å². The number of aromatic hydroxyl groups is 2. The van der Waals surface area contributed by atoms with Crippen LogP contribution in [0, 0.1) is 0 Å². The summed E-state index contributed by atoms with van der Waals surface area (Å²) in [5.41, 5.74) is 2.83. The average molecular weight is 368 g/mol. The minimum Gasteiger partial charge on any atom is -0.508 e. The Morgan fingerprint density at radius 1 is 1.04 bits per heavy atom. The van der Waals surface area contributed by atoms with Gasteiger partial charge in [-0.05, 0) is 72.4 Å². The van der Waals surface area contributed by atoms with E-state index in [0.717, 1.165) is 11.1 Å². The topological polar surface area (TPSA) is 66.8 Å². The number of allylic oxidation sites excluding steroid dienone is 1. The molecular formula is C23H28O4. The molecule has 0 aliphatic heterocycles. The van der Waals surface area contributed by atoms with Crippen LogP contribution < -0.4 is 4.74 Å². The number of rotatable bonds is 7. The molecule has 144 valence electrons. The number of ketones is 1. The molecule has 0 radical (unpaired) electrons. The molecule has 0 bridgehead atoms. The summed E-state index contributed by atoms with van der Waals surface area (Å²) in [6.07, 6.45) is 3.05. The van der Waals surface area contributed by atoms with Crippen LogP contribution in [0.25, 0.3) is 6.08 Å². The van der Waals surface area contributed by atoms with E-state index in [4.69, 9.17) is 4.74 Å². The summed E-state index contributed by atoms with van der Waals surface area (Å²) in [4.78, 5) is 12.5. The molecule has 4 nitrogen and oxygen atoms in total. The van der Waals surface area contributed by atoms with Crippen molar-refractivity contribution in [3.8, 4) is 17.2 Å². The number of carbonyl (C=O) groups excluding carboxylic acids is 1. The van der Waals surface area contributed by atoms with Gasteiger partial charge in [0, 0.05) is 5.56 Å². The van der Waals surface area contributed by atoms with Crippen LogP contribution in [-0.2, 0) is 0 Å². The summed E-state index contributed by atoms with van der Waals surface area (Å²) in [6, 6.07) is 8.07. The van der Waals surface area contributed by atoms with Gasteiger partial charge in [-0.3, -0.25) is 4.79 Å². The first-order valence-corrected chi connectivity index (χ1v) is 9.30. The van der Waals surface area contributed by atoms with Gasteiger partial charge in [-0.2, -0.15) is 0 Å². The Bertz CT molecular complexity index is 830. The summed E-state index contributed by atoms with van der Waals surface area (Å²) in [5.74, 6) is 1.01. The van der Waals surface area contributed by atoms with Crippen LogP contribution in [0.2, 0.25) is 0 Å². The predicted octanol–water partition coefficient (Wildman–Crippen LogP) is 5.64. The Labute approximate surface area is 161 Å². The zero-order chi connectivity index (χ0) is 20.1. The highest BCUT2D eigenvalue weighted by Gasteiger charge is 2.20. The van der Waals surface area contributed by atoms with Gasteiger partial charge < -0.3 is 14.9 Å². The van der Waals surface area contributed by atoms with E-state index in [0.29, 0.717) is 23.5 Å². The van der Waals surface area contributed by atoms with Crippen LogP contribution in [0.3, 0.4) is 0 Å². The van der Waals surface area contributed by atoms with E-state index in [1.807, 2.05) is 26.8 Å². The molecule has 4 heteroatoms. The van der Waals surface area contributed by atoms with Crippen molar-refractivity contribution in [2.45, 2.75) is 46.5 Å². The third-order valence-electron chi connectivity index (χ3n) is 4.43. The molecule has 2 aromatic carbocycles. The van der Waals surface area contributed by atoms with Crippen molar-refractivity contribution in [3.63, 3.8) is 0 Å². The Morgan fingerprint density at radius 2 is 1.63 bits per heavy atom.